The molecule has 4 heteroatoms. The average Bonchev–Trinajstić information content (AvgIpc) is 2.15. The van der Waals surface area contributed by atoms with Crippen LogP contribution in [0, 0.1) is 0 Å². The fraction of sp³-hybridized carbons (Fsp3) is 0.571. The summed E-state index contributed by atoms with van der Waals surface area (Å²) in [6, 6.07) is 0.0394. The predicted octanol–water partition coefficient (Wildman–Crippen LogP) is -0.400. The highest BCUT2D eigenvalue weighted by molar-refractivity contribution is 5.73. The molecule has 0 saturated carbocycles. The molecular formula is C7H13NO3. The summed E-state index contributed by atoms with van der Waals surface area (Å²) in [6.45, 7) is 5.81. The van der Waals surface area contributed by atoms with Crippen molar-refractivity contribution in [1.29, 1.82) is 0 Å². The number of amides is 1. The van der Waals surface area contributed by atoms with E-state index in [9.17, 15) is 4.79 Å². The number of nitrogens with one attached hydrogen (secondary N) is 1. The lowest BCUT2D eigenvalue weighted by molar-refractivity contribution is -0.119. The molecule has 1 aliphatic heterocycles. The second-order valence-corrected chi connectivity index (χ2v) is 2.36. The first kappa shape index (κ1) is 9.97. The van der Waals surface area contributed by atoms with E-state index in [1.165, 1.54) is 6.92 Å². The highest BCUT2D eigenvalue weighted by Gasteiger charge is 2.20. The van der Waals surface area contributed by atoms with Gasteiger partial charge in [-0.3, -0.25) is 4.79 Å². The summed E-state index contributed by atoms with van der Waals surface area (Å²) >= 11 is 0. The molecule has 4 nitrogen and oxygen atoms in total. The third kappa shape index (κ3) is 2.59. The van der Waals surface area contributed by atoms with Crippen LogP contribution >= 0.6 is 0 Å². The normalized spacial score (nSPS) is 21.9. The molecule has 3 N–H and O–H groups in total. The zero-order chi connectivity index (χ0) is 7.56. The first-order valence-electron chi connectivity index (χ1n) is 3.29. The Morgan fingerprint density at radius 1 is 1.82 bits per heavy atom. The van der Waals surface area contributed by atoms with Gasteiger partial charge < -0.3 is 15.5 Å². The molecule has 0 radical (unpaired) electrons. The van der Waals surface area contributed by atoms with E-state index in [1.54, 1.807) is 0 Å². The third-order valence-electron chi connectivity index (χ3n) is 1.46. The van der Waals surface area contributed by atoms with E-state index in [2.05, 4.69) is 11.9 Å². The van der Waals surface area contributed by atoms with Crippen LogP contribution in [0.4, 0.5) is 0 Å². The fourth-order valence-electron chi connectivity index (χ4n) is 0.967. The summed E-state index contributed by atoms with van der Waals surface area (Å²) in [5, 5.41) is 2.73. The third-order valence-corrected chi connectivity index (χ3v) is 1.46. The monoisotopic (exact) mass is 159 g/mol. The zero-order valence-corrected chi connectivity index (χ0v) is 6.52. The maximum Gasteiger partial charge on any atom is 0.217 e. The SMILES string of the molecule is C=C1OCCC1NC(C)=O.O. The summed E-state index contributed by atoms with van der Waals surface area (Å²) in [4.78, 5) is 10.5. The first-order valence-corrected chi connectivity index (χ1v) is 3.29. The highest BCUT2D eigenvalue weighted by atomic mass is 16.5. The maximum absolute atomic E-state index is 10.5. The van der Waals surface area contributed by atoms with Gasteiger partial charge in [-0.15, -0.1) is 0 Å². The lowest BCUT2D eigenvalue weighted by Gasteiger charge is -2.08. The van der Waals surface area contributed by atoms with Gasteiger partial charge in [-0.1, -0.05) is 6.58 Å². The van der Waals surface area contributed by atoms with Gasteiger partial charge in [0.15, 0.2) is 0 Å². The smallest absolute Gasteiger partial charge is 0.217 e. The van der Waals surface area contributed by atoms with Gasteiger partial charge in [-0.25, -0.2) is 0 Å². The summed E-state index contributed by atoms with van der Waals surface area (Å²) in [5.74, 6) is 0.645. The predicted molar refractivity (Wildman–Crippen MR) is 40.9 cm³/mol. The van der Waals surface area contributed by atoms with Crippen molar-refractivity contribution in [3.8, 4) is 0 Å². The minimum Gasteiger partial charge on any atom is -0.496 e. The van der Waals surface area contributed by atoms with Crippen LogP contribution in [0.1, 0.15) is 13.3 Å². The topological polar surface area (TPSA) is 69.8 Å². The molecule has 1 saturated heterocycles. The van der Waals surface area contributed by atoms with Gasteiger partial charge in [0.1, 0.15) is 5.76 Å². The molecule has 11 heavy (non-hydrogen) atoms. The number of carbonyl (C=O) groups is 1. The van der Waals surface area contributed by atoms with Crippen LogP contribution < -0.4 is 5.32 Å². The number of hydrogen-bond acceptors (Lipinski definition) is 2. The summed E-state index contributed by atoms with van der Waals surface area (Å²) < 4.78 is 5.06. The van der Waals surface area contributed by atoms with Crippen molar-refractivity contribution in [2.75, 3.05) is 6.61 Å². The largest absolute Gasteiger partial charge is 0.496 e. The van der Waals surface area contributed by atoms with E-state index in [0.717, 1.165) is 6.42 Å². The second-order valence-electron chi connectivity index (χ2n) is 2.36. The van der Waals surface area contributed by atoms with Gasteiger partial charge in [0, 0.05) is 13.3 Å². The van der Waals surface area contributed by atoms with Gasteiger partial charge >= 0.3 is 0 Å². The Balaban J connectivity index is 0.000001000. The molecule has 1 aliphatic rings. The fourth-order valence-corrected chi connectivity index (χ4v) is 0.967. The minimum absolute atomic E-state index is 0. The Labute approximate surface area is 65.5 Å². The quantitative estimate of drug-likeness (QED) is 0.565. The molecular weight excluding hydrogens is 146 g/mol. The van der Waals surface area contributed by atoms with E-state index < -0.39 is 0 Å². The molecule has 64 valence electrons. The van der Waals surface area contributed by atoms with Gasteiger partial charge in [0.2, 0.25) is 5.91 Å². The van der Waals surface area contributed by atoms with Crippen molar-refractivity contribution in [3.63, 3.8) is 0 Å². The van der Waals surface area contributed by atoms with Crippen LogP contribution in [-0.4, -0.2) is 24.0 Å². The summed E-state index contributed by atoms with van der Waals surface area (Å²) in [6.07, 6.45) is 0.846. The van der Waals surface area contributed by atoms with Gasteiger partial charge in [0.25, 0.3) is 0 Å². The van der Waals surface area contributed by atoms with E-state index in [-0.39, 0.29) is 17.4 Å². The van der Waals surface area contributed by atoms with Crippen molar-refractivity contribution in [3.05, 3.63) is 12.3 Å². The Hall–Kier alpha value is -1.03. The van der Waals surface area contributed by atoms with Crippen LogP contribution in [0.5, 0.6) is 0 Å². The Morgan fingerprint density at radius 3 is 2.82 bits per heavy atom. The molecule has 0 aromatic rings. The van der Waals surface area contributed by atoms with Crippen LogP contribution in [0.25, 0.3) is 0 Å². The Morgan fingerprint density at radius 2 is 2.45 bits per heavy atom. The number of carbonyl (C=O) groups excluding carboxylic acids is 1. The molecule has 0 spiro atoms. The van der Waals surface area contributed by atoms with Crippen LogP contribution in [0.15, 0.2) is 12.3 Å². The van der Waals surface area contributed by atoms with Crippen LogP contribution in [0.2, 0.25) is 0 Å². The van der Waals surface area contributed by atoms with E-state index in [0.29, 0.717) is 12.4 Å². The van der Waals surface area contributed by atoms with Crippen molar-refractivity contribution in [1.82, 2.24) is 5.32 Å². The van der Waals surface area contributed by atoms with Crippen molar-refractivity contribution < 1.29 is 15.0 Å². The number of ether oxygens (including phenoxy) is 1. The molecule has 1 amide bonds. The molecule has 0 aromatic heterocycles. The van der Waals surface area contributed by atoms with Gasteiger partial charge in [0.05, 0.1) is 12.6 Å². The molecule has 1 unspecified atom stereocenters. The molecule has 1 rings (SSSR count). The van der Waals surface area contributed by atoms with Crippen molar-refractivity contribution in [2.24, 2.45) is 0 Å². The van der Waals surface area contributed by atoms with Crippen molar-refractivity contribution in [2.45, 2.75) is 19.4 Å². The summed E-state index contributed by atoms with van der Waals surface area (Å²) in [7, 11) is 0. The van der Waals surface area contributed by atoms with Crippen LogP contribution in [0.3, 0.4) is 0 Å². The maximum atomic E-state index is 10.5. The van der Waals surface area contributed by atoms with Crippen molar-refractivity contribution >= 4 is 5.91 Å². The Kier molecular flexibility index (Phi) is 3.60. The number of hydrogen-bond donors (Lipinski definition) is 1. The molecule has 1 atom stereocenters. The van der Waals surface area contributed by atoms with Gasteiger partial charge in [-0.05, 0) is 0 Å². The Bertz CT molecular complexity index is 167. The highest BCUT2D eigenvalue weighted by Crippen LogP contribution is 2.14. The average molecular weight is 159 g/mol. The van der Waals surface area contributed by atoms with E-state index >= 15 is 0 Å². The van der Waals surface area contributed by atoms with Crippen LogP contribution in [-0.2, 0) is 9.53 Å². The molecule has 0 aromatic carbocycles. The van der Waals surface area contributed by atoms with Gasteiger partial charge in [-0.2, -0.15) is 0 Å². The minimum atomic E-state index is -0.0309. The summed E-state index contributed by atoms with van der Waals surface area (Å²) in [5.41, 5.74) is 0. The van der Waals surface area contributed by atoms with E-state index in [4.69, 9.17) is 4.74 Å². The lowest BCUT2D eigenvalue weighted by atomic mass is 10.2. The zero-order valence-electron chi connectivity index (χ0n) is 6.52. The van der Waals surface area contributed by atoms with E-state index in [1.807, 2.05) is 0 Å². The molecule has 1 heterocycles. The molecule has 0 aliphatic carbocycles. The second kappa shape index (κ2) is 3.98. The standard InChI is InChI=1S/C7H11NO2.H2O/c1-5-7(3-4-10-5)8-6(2)9;/h7H,1,3-4H2,2H3,(H,8,9);1H2. The first-order chi connectivity index (χ1) is 4.70. The molecule has 0 bridgehead atoms. The molecule has 1 fully saturated rings. The lowest BCUT2D eigenvalue weighted by Crippen LogP contribution is -2.31. The number of rotatable bonds is 1.